The van der Waals surface area contributed by atoms with Crippen LogP contribution in [0.1, 0.15) is 26.6 Å². The first-order valence-corrected chi connectivity index (χ1v) is 9.53. The van der Waals surface area contributed by atoms with Gasteiger partial charge in [-0.2, -0.15) is 0 Å². The average molecular weight is 382 g/mol. The van der Waals surface area contributed by atoms with Gasteiger partial charge in [0.15, 0.2) is 6.61 Å². The smallest absolute Gasteiger partial charge is 0.344 e. The number of ether oxygens (including phenoxy) is 1. The fraction of sp³-hybridized carbons (Fsp3) is 0.250. The number of aryl methyl sites for hydroxylation is 1. The lowest BCUT2D eigenvalue weighted by molar-refractivity contribution is -0.135. The van der Waals surface area contributed by atoms with Crippen molar-refractivity contribution in [2.45, 2.75) is 19.9 Å². The molecule has 0 atom stereocenters. The quantitative estimate of drug-likeness (QED) is 0.646. The van der Waals surface area contributed by atoms with Crippen LogP contribution >= 0.6 is 11.3 Å². The molecule has 6 nitrogen and oxygen atoms in total. The van der Waals surface area contributed by atoms with Crippen molar-refractivity contribution in [3.05, 3.63) is 63.5 Å². The molecule has 2 aromatic heterocycles. The molecule has 3 heterocycles. The summed E-state index contributed by atoms with van der Waals surface area (Å²) in [5, 5.41) is 6.01. The van der Waals surface area contributed by atoms with Crippen LogP contribution in [0.5, 0.6) is 0 Å². The molecule has 0 unspecified atom stereocenters. The third kappa shape index (κ3) is 3.50. The number of aromatic nitrogens is 1. The molecule has 7 heteroatoms. The Bertz CT molecular complexity index is 977. The highest BCUT2D eigenvalue weighted by Crippen LogP contribution is 2.26. The van der Waals surface area contributed by atoms with Gasteiger partial charge in [-0.05, 0) is 30.4 Å². The van der Waals surface area contributed by atoms with E-state index in [1.165, 1.54) is 10.4 Å². The molecule has 1 aliphatic rings. The second-order valence-electron chi connectivity index (χ2n) is 6.34. The highest BCUT2D eigenvalue weighted by molar-refractivity contribution is 7.10. The van der Waals surface area contributed by atoms with Gasteiger partial charge < -0.3 is 14.2 Å². The first-order valence-electron chi connectivity index (χ1n) is 8.65. The number of nitrogens with zero attached hydrogens (tertiary/aromatic N) is 2. The highest BCUT2D eigenvalue weighted by Gasteiger charge is 2.26. The standard InChI is InChI=1S/C20H18N2O4S/c1-13-18(19(21-26-13)14-5-3-2-4-6-14)20(24)25-12-17(23)22-9-7-16-15(11-22)8-10-27-16/h2-6,8,10H,7,9,11-12H2,1H3. The van der Waals surface area contributed by atoms with Gasteiger partial charge in [-0.15, -0.1) is 11.3 Å². The van der Waals surface area contributed by atoms with Crippen LogP contribution in [0.3, 0.4) is 0 Å². The largest absolute Gasteiger partial charge is 0.452 e. The van der Waals surface area contributed by atoms with Crippen LogP contribution in [0, 0.1) is 6.92 Å². The zero-order valence-corrected chi connectivity index (χ0v) is 15.6. The van der Waals surface area contributed by atoms with Crippen LogP contribution in [0.2, 0.25) is 0 Å². The van der Waals surface area contributed by atoms with Crippen molar-refractivity contribution < 1.29 is 18.8 Å². The Labute approximate surface area is 160 Å². The second-order valence-corrected chi connectivity index (χ2v) is 7.34. The molecule has 4 rings (SSSR count). The molecule has 1 amide bonds. The minimum absolute atomic E-state index is 0.199. The molecule has 1 aromatic carbocycles. The van der Waals surface area contributed by atoms with E-state index in [1.54, 1.807) is 23.2 Å². The summed E-state index contributed by atoms with van der Waals surface area (Å²) in [6, 6.07) is 11.3. The number of thiophene rings is 1. The molecule has 0 fully saturated rings. The summed E-state index contributed by atoms with van der Waals surface area (Å²) >= 11 is 1.72. The van der Waals surface area contributed by atoms with Crippen molar-refractivity contribution in [1.29, 1.82) is 0 Å². The molecular formula is C20H18N2O4S. The van der Waals surface area contributed by atoms with Crippen molar-refractivity contribution in [3.63, 3.8) is 0 Å². The van der Waals surface area contributed by atoms with Crippen molar-refractivity contribution in [1.82, 2.24) is 10.1 Å². The van der Waals surface area contributed by atoms with Gasteiger partial charge in [0, 0.05) is 23.5 Å². The first-order chi connectivity index (χ1) is 13.1. The maximum Gasteiger partial charge on any atom is 0.344 e. The minimum Gasteiger partial charge on any atom is -0.452 e. The predicted molar refractivity (Wildman–Crippen MR) is 100 cm³/mol. The number of amides is 1. The second kappa shape index (κ2) is 7.36. The van der Waals surface area contributed by atoms with E-state index in [0.717, 1.165) is 12.0 Å². The topological polar surface area (TPSA) is 72.6 Å². The molecule has 27 heavy (non-hydrogen) atoms. The zero-order valence-electron chi connectivity index (χ0n) is 14.8. The summed E-state index contributed by atoms with van der Waals surface area (Å²) in [7, 11) is 0. The number of hydrogen-bond donors (Lipinski definition) is 0. The van der Waals surface area contributed by atoms with Crippen LogP contribution in [0.15, 0.2) is 46.3 Å². The zero-order chi connectivity index (χ0) is 18.8. The van der Waals surface area contributed by atoms with E-state index in [-0.39, 0.29) is 18.1 Å². The third-order valence-corrected chi connectivity index (χ3v) is 5.62. The minimum atomic E-state index is -0.603. The number of rotatable bonds is 4. The Morgan fingerprint density at radius 1 is 1.26 bits per heavy atom. The van der Waals surface area contributed by atoms with Gasteiger partial charge in [0.05, 0.1) is 0 Å². The molecule has 0 spiro atoms. The van der Waals surface area contributed by atoms with Crippen LogP contribution in [-0.4, -0.2) is 35.1 Å². The number of esters is 1. The van der Waals surface area contributed by atoms with Gasteiger partial charge in [-0.3, -0.25) is 4.79 Å². The normalized spacial score (nSPS) is 13.3. The van der Waals surface area contributed by atoms with E-state index in [4.69, 9.17) is 9.26 Å². The lowest BCUT2D eigenvalue weighted by atomic mass is 10.1. The Hall–Kier alpha value is -2.93. The number of hydrogen-bond acceptors (Lipinski definition) is 6. The number of fused-ring (bicyclic) bond motifs is 1. The summed E-state index contributed by atoms with van der Waals surface area (Å²) in [6.07, 6.45) is 0.843. The van der Waals surface area contributed by atoms with E-state index >= 15 is 0 Å². The van der Waals surface area contributed by atoms with Gasteiger partial charge in [0.2, 0.25) is 0 Å². The van der Waals surface area contributed by atoms with E-state index in [0.29, 0.717) is 24.5 Å². The van der Waals surface area contributed by atoms with Crippen molar-refractivity contribution in [2.75, 3.05) is 13.2 Å². The fourth-order valence-electron chi connectivity index (χ4n) is 3.16. The number of benzene rings is 1. The summed E-state index contributed by atoms with van der Waals surface area (Å²) in [5.41, 5.74) is 2.61. The fourth-order valence-corrected chi connectivity index (χ4v) is 4.05. The highest BCUT2D eigenvalue weighted by atomic mass is 32.1. The van der Waals surface area contributed by atoms with Gasteiger partial charge in [0.1, 0.15) is 17.0 Å². The molecule has 0 bridgehead atoms. The van der Waals surface area contributed by atoms with Gasteiger partial charge in [-0.1, -0.05) is 35.5 Å². The molecule has 1 aliphatic heterocycles. The van der Waals surface area contributed by atoms with Crippen LogP contribution in [0.4, 0.5) is 0 Å². The molecule has 0 saturated carbocycles. The SMILES string of the molecule is Cc1onc(-c2ccccc2)c1C(=O)OCC(=O)N1CCc2sccc2C1. The molecule has 0 saturated heterocycles. The summed E-state index contributed by atoms with van der Waals surface area (Å²) < 4.78 is 10.5. The maximum atomic E-state index is 12.6. The number of carbonyl (C=O) groups excluding carboxylic acids is 2. The lowest BCUT2D eigenvalue weighted by Crippen LogP contribution is -2.38. The van der Waals surface area contributed by atoms with Gasteiger partial charge in [-0.25, -0.2) is 4.79 Å². The van der Waals surface area contributed by atoms with Crippen LogP contribution in [0.25, 0.3) is 11.3 Å². The molecule has 3 aromatic rings. The Morgan fingerprint density at radius 2 is 2.07 bits per heavy atom. The summed E-state index contributed by atoms with van der Waals surface area (Å²) in [5.74, 6) is -0.433. The molecule has 0 N–H and O–H groups in total. The lowest BCUT2D eigenvalue weighted by Gasteiger charge is -2.26. The van der Waals surface area contributed by atoms with E-state index < -0.39 is 5.97 Å². The van der Waals surface area contributed by atoms with E-state index in [1.807, 2.05) is 41.8 Å². The van der Waals surface area contributed by atoms with Gasteiger partial charge in [0.25, 0.3) is 5.91 Å². The van der Waals surface area contributed by atoms with Gasteiger partial charge >= 0.3 is 5.97 Å². The first kappa shape index (κ1) is 17.5. The molecule has 0 aliphatic carbocycles. The Morgan fingerprint density at radius 3 is 2.89 bits per heavy atom. The molecule has 0 radical (unpaired) electrons. The Kier molecular flexibility index (Phi) is 4.77. The van der Waals surface area contributed by atoms with Crippen molar-refractivity contribution >= 4 is 23.2 Å². The predicted octanol–water partition coefficient (Wildman–Crippen LogP) is 3.45. The van der Waals surface area contributed by atoms with Crippen molar-refractivity contribution in [2.24, 2.45) is 0 Å². The monoisotopic (exact) mass is 382 g/mol. The maximum absolute atomic E-state index is 12.6. The van der Waals surface area contributed by atoms with Crippen molar-refractivity contribution in [3.8, 4) is 11.3 Å². The van der Waals surface area contributed by atoms with Crippen LogP contribution in [-0.2, 0) is 22.5 Å². The van der Waals surface area contributed by atoms with E-state index in [2.05, 4.69) is 5.16 Å². The van der Waals surface area contributed by atoms with E-state index in [9.17, 15) is 9.59 Å². The third-order valence-electron chi connectivity index (χ3n) is 4.60. The molecular weight excluding hydrogens is 364 g/mol. The van der Waals surface area contributed by atoms with Crippen LogP contribution < -0.4 is 0 Å². The summed E-state index contributed by atoms with van der Waals surface area (Å²) in [6.45, 7) is 2.57. The Balaban J connectivity index is 1.43. The summed E-state index contributed by atoms with van der Waals surface area (Å²) in [4.78, 5) is 28.1. The average Bonchev–Trinajstić information content (AvgIpc) is 3.32. The number of carbonyl (C=O) groups is 2. The molecule has 138 valence electrons.